The van der Waals surface area contributed by atoms with E-state index in [-0.39, 0.29) is 11.3 Å². The Morgan fingerprint density at radius 1 is 1.14 bits per heavy atom. The van der Waals surface area contributed by atoms with Crippen LogP contribution in [0.15, 0.2) is 41.1 Å². The Morgan fingerprint density at radius 2 is 1.78 bits per heavy atom. The van der Waals surface area contributed by atoms with Crippen molar-refractivity contribution >= 4 is 39.3 Å². The molecule has 0 aliphatic rings. The number of alkyl halides is 3. The van der Waals surface area contributed by atoms with Crippen molar-refractivity contribution in [3.05, 3.63) is 52.3 Å². The first-order chi connectivity index (χ1) is 17.2. The summed E-state index contributed by atoms with van der Waals surface area (Å²) in [5.74, 6) is -0.463. The third-order valence-corrected chi connectivity index (χ3v) is 5.44. The Balaban J connectivity index is 0.00000235. The number of carbonyl (C=O) groups is 2. The zero-order valence-electron chi connectivity index (χ0n) is 21.9. The van der Waals surface area contributed by atoms with Gasteiger partial charge in [0.2, 0.25) is 0 Å². The molecular weight excluding hydrogens is 555 g/mol. The van der Waals surface area contributed by atoms with Gasteiger partial charge < -0.3 is 9.47 Å². The minimum absolute atomic E-state index is 0.159. The number of hydrogen-bond donors (Lipinski definition) is 0. The molecule has 11 heteroatoms. The van der Waals surface area contributed by atoms with Crippen molar-refractivity contribution in [2.45, 2.75) is 59.7 Å². The molecule has 37 heavy (non-hydrogen) atoms. The molecule has 1 amide bonds. The highest BCUT2D eigenvalue weighted by atomic mass is 79.9. The molecule has 0 bridgehead atoms. The average Bonchev–Trinajstić information content (AvgIpc) is 3.21. The predicted molar refractivity (Wildman–Crippen MR) is 140 cm³/mol. The lowest BCUT2D eigenvalue weighted by atomic mass is 10.0. The Morgan fingerprint density at radius 3 is 2.32 bits per heavy atom. The zero-order valence-corrected chi connectivity index (χ0v) is 23.5. The number of carbonyl (C=O) groups excluding carboxylic acids is 2. The summed E-state index contributed by atoms with van der Waals surface area (Å²) in [4.78, 5) is 30.2. The van der Waals surface area contributed by atoms with Gasteiger partial charge in [0.1, 0.15) is 5.60 Å². The van der Waals surface area contributed by atoms with Crippen LogP contribution in [0.1, 0.15) is 57.0 Å². The zero-order chi connectivity index (χ0) is 28.1. The molecule has 3 rings (SSSR count). The minimum Gasteiger partial charge on any atom is -0.465 e. The summed E-state index contributed by atoms with van der Waals surface area (Å²) in [7, 11) is 1.30. The van der Waals surface area contributed by atoms with Crippen LogP contribution in [0, 0.1) is 6.92 Å². The Kier molecular flexibility index (Phi) is 9.76. The number of aromatic nitrogens is 2. The van der Waals surface area contributed by atoms with Crippen LogP contribution in [0.3, 0.4) is 0 Å². The number of halogens is 4. The highest BCUT2D eigenvalue weighted by Gasteiger charge is 2.32. The van der Waals surface area contributed by atoms with Gasteiger partial charge in [0.05, 0.1) is 36.7 Å². The van der Waals surface area contributed by atoms with Crippen LogP contribution >= 0.6 is 15.9 Å². The van der Waals surface area contributed by atoms with E-state index in [4.69, 9.17) is 9.47 Å². The Bertz CT molecular complexity index is 1270. The van der Waals surface area contributed by atoms with Crippen LogP contribution in [0.25, 0.3) is 16.9 Å². The third kappa shape index (κ3) is 7.70. The molecule has 1 aromatic carbocycles. The van der Waals surface area contributed by atoms with E-state index < -0.39 is 36.8 Å². The van der Waals surface area contributed by atoms with E-state index in [0.717, 1.165) is 4.90 Å². The number of pyridine rings is 1. The maximum Gasteiger partial charge on any atom is 0.414 e. The van der Waals surface area contributed by atoms with Gasteiger partial charge >= 0.3 is 18.2 Å². The largest absolute Gasteiger partial charge is 0.465 e. The smallest absolute Gasteiger partial charge is 0.414 e. The van der Waals surface area contributed by atoms with Crippen LogP contribution < -0.4 is 4.90 Å². The molecule has 2 aromatic heterocycles. The molecule has 0 spiro atoms. The molecule has 7 nitrogen and oxygen atoms in total. The summed E-state index contributed by atoms with van der Waals surface area (Å²) in [6, 6.07) is 6.66. The van der Waals surface area contributed by atoms with E-state index in [1.54, 1.807) is 62.7 Å². The lowest BCUT2D eigenvalue weighted by Gasteiger charge is -2.28. The lowest BCUT2D eigenvalue weighted by Crippen LogP contribution is -2.39. The molecule has 3 aromatic rings. The van der Waals surface area contributed by atoms with E-state index in [0.29, 0.717) is 26.9 Å². The first-order valence-corrected chi connectivity index (χ1v) is 12.4. The second-order valence-corrected chi connectivity index (χ2v) is 9.81. The number of benzene rings is 1. The highest BCUT2D eigenvalue weighted by Crippen LogP contribution is 2.33. The summed E-state index contributed by atoms with van der Waals surface area (Å²) in [6.07, 6.45) is -3.35. The van der Waals surface area contributed by atoms with Crippen molar-refractivity contribution in [1.29, 1.82) is 0 Å². The summed E-state index contributed by atoms with van der Waals surface area (Å²) in [6.45, 7) is 10.0. The number of nitrogens with zero attached hydrogens (tertiary/aromatic N) is 3. The molecule has 0 fully saturated rings. The number of imidazole rings is 1. The number of ether oxygens (including phenoxy) is 2. The fourth-order valence-corrected chi connectivity index (χ4v) is 3.90. The minimum atomic E-state index is -4.47. The van der Waals surface area contributed by atoms with Gasteiger partial charge in [-0.1, -0.05) is 19.9 Å². The van der Waals surface area contributed by atoms with Crippen molar-refractivity contribution in [1.82, 2.24) is 9.38 Å². The van der Waals surface area contributed by atoms with E-state index in [9.17, 15) is 22.8 Å². The molecule has 0 saturated carbocycles. The van der Waals surface area contributed by atoms with Crippen molar-refractivity contribution in [2.75, 3.05) is 18.6 Å². The first-order valence-electron chi connectivity index (χ1n) is 11.6. The second kappa shape index (κ2) is 12.0. The van der Waals surface area contributed by atoms with Gasteiger partial charge in [-0.25, -0.2) is 14.6 Å². The number of methoxy groups -OCH3 is 1. The molecular formula is C26H31BrF3N3O4. The molecule has 0 radical (unpaired) electrons. The van der Waals surface area contributed by atoms with E-state index in [2.05, 4.69) is 20.9 Å². The van der Waals surface area contributed by atoms with Crippen LogP contribution in [0.2, 0.25) is 0 Å². The van der Waals surface area contributed by atoms with Gasteiger partial charge in [0.25, 0.3) is 0 Å². The summed E-state index contributed by atoms with van der Waals surface area (Å²) < 4.78 is 51.5. The van der Waals surface area contributed by atoms with E-state index in [1.165, 1.54) is 13.2 Å². The van der Waals surface area contributed by atoms with Crippen LogP contribution in [-0.2, 0) is 9.47 Å². The number of fused-ring (bicyclic) bond motifs is 1. The number of esters is 1. The number of amides is 1. The van der Waals surface area contributed by atoms with Crippen molar-refractivity contribution in [2.24, 2.45) is 0 Å². The number of hydrogen-bond acceptors (Lipinski definition) is 5. The van der Waals surface area contributed by atoms with Crippen molar-refractivity contribution < 1.29 is 32.2 Å². The Hall–Kier alpha value is -3.08. The van der Waals surface area contributed by atoms with Gasteiger partial charge in [-0.2, -0.15) is 13.2 Å². The normalized spacial score (nSPS) is 11.5. The highest BCUT2D eigenvalue weighted by molar-refractivity contribution is 9.10. The number of aryl methyl sites for hydroxylation is 1. The monoisotopic (exact) mass is 585 g/mol. The quantitative estimate of drug-likeness (QED) is 0.288. The van der Waals surface area contributed by atoms with E-state index >= 15 is 0 Å². The van der Waals surface area contributed by atoms with Gasteiger partial charge in [0.15, 0.2) is 5.65 Å². The molecule has 0 N–H and O–H groups in total. The van der Waals surface area contributed by atoms with Gasteiger partial charge in [-0.3, -0.25) is 9.30 Å². The van der Waals surface area contributed by atoms with Gasteiger partial charge in [0, 0.05) is 22.8 Å². The maximum atomic E-state index is 13.1. The first kappa shape index (κ1) is 30.1. The Labute approximate surface area is 222 Å². The van der Waals surface area contributed by atoms with Crippen molar-refractivity contribution in [3.8, 4) is 11.3 Å². The fourth-order valence-electron chi connectivity index (χ4n) is 3.48. The summed E-state index contributed by atoms with van der Waals surface area (Å²) >= 11 is 3.39. The van der Waals surface area contributed by atoms with Crippen molar-refractivity contribution in [3.63, 3.8) is 0 Å². The SMILES string of the molecule is CC.COC(=O)c1ccc(-c2cnc3c(N(CCC(F)(F)F)C(=O)OC(C)(C)C)cc(Br)cn23)cc1C. The molecule has 0 saturated heterocycles. The maximum absolute atomic E-state index is 13.1. The average molecular weight is 586 g/mol. The molecule has 202 valence electrons. The molecule has 0 aliphatic heterocycles. The predicted octanol–water partition coefficient (Wildman–Crippen LogP) is 7.58. The van der Waals surface area contributed by atoms with Crippen LogP contribution in [0.4, 0.5) is 23.7 Å². The molecule has 2 heterocycles. The van der Waals surface area contributed by atoms with Crippen LogP contribution in [0.5, 0.6) is 0 Å². The van der Waals surface area contributed by atoms with Gasteiger partial charge in [-0.15, -0.1) is 0 Å². The topological polar surface area (TPSA) is 73.1 Å². The summed E-state index contributed by atoms with van der Waals surface area (Å²) in [5.41, 5.74) is 1.94. The lowest BCUT2D eigenvalue weighted by molar-refractivity contribution is -0.132. The standard InChI is InChI=1S/C24H25BrF3N3O4.C2H6/c1-14-10-15(6-7-17(14)21(32)34-5)19-12-29-20-18(11-16(25)13-31(19)20)30(9-8-24(26,27)28)22(33)35-23(2,3)4;1-2/h6-7,10-13H,8-9H2,1-5H3;1-2H3. The molecule has 0 aliphatic carbocycles. The van der Waals surface area contributed by atoms with Crippen LogP contribution in [-0.4, -0.2) is 46.9 Å². The van der Waals surface area contributed by atoms with Gasteiger partial charge in [-0.05, 0) is 67.4 Å². The van der Waals surface area contributed by atoms with E-state index in [1.807, 2.05) is 13.8 Å². The molecule has 0 atom stereocenters. The second-order valence-electron chi connectivity index (χ2n) is 8.90. The third-order valence-electron chi connectivity index (χ3n) is 5.00. The number of anilines is 1. The summed E-state index contributed by atoms with van der Waals surface area (Å²) in [5, 5.41) is 0. The fraction of sp³-hybridized carbons (Fsp3) is 0.423. The number of rotatable bonds is 5. The molecule has 0 unspecified atom stereocenters.